The Labute approximate surface area is 252 Å². The molecular formula is C32H27FN4O3S2. The first-order chi connectivity index (χ1) is 20.2. The fourth-order valence-corrected chi connectivity index (χ4v) is 5.48. The molecule has 5 aromatic rings. The van der Waals surface area contributed by atoms with Gasteiger partial charge < -0.3 is 20.3 Å². The van der Waals surface area contributed by atoms with Gasteiger partial charge >= 0.3 is 0 Å². The van der Waals surface area contributed by atoms with Crippen LogP contribution in [-0.2, 0) is 11.2 Å². The summed E-state index contributed by atoms with van der Waals surface area (Å²) in [5.74, 6) is -0.440. The lowest BCUT2D eigenvalue weighted by molar-refractivity contribution is -0.119. The van der Waals surface area contributed by atoms with Crippen molar-refractivity contribution in [3.8, 4) is 21.9 Å². The van der Waals surface area contributed by atoms with Gasteiger partial charge in [0, 0.05) is 48.6 Å². The first-order valence-corrected chi connectivity index (χ1v) is 14.2. The number of nitrogens with one attached hydrogen (secondary N) is 2. The minimum absolute atomic E-state index is 0.0314. The van der Waals surface area contributed by atoms with Crippen molar-refractivity contribution >= 4 is 56.4 Å². The number of benzene rings is 3. The van der Waals surface area contributed by atoms with Crippen LogP contribution in [0.2, 0.25) is 0 Å². The largest absolute Gasteiger partial charge is 0.453 e. The van der Waals surface area contributed by atoms with Crippen LogP contribution in [-0.4, -0.2) is 40.9 Å². The van der Waals surface area contributed by atoms with Gasteiger partial charge in [-0.25, -0.2) is 4.39 Å². The molecule has 0 unspecified atom stereocenters. The number of anilines is 1. The summed E-state index contributed by atoms with van der Waals surface area (Å²) in [7, 11) is 3.43. The number of carbonyl (C=O) groups excluding carboxylic acids is 2. The van der Waals surface area contributed by atoms with Gasteiger partial charge in [0.2, 0.25) is 5.91 Å². The predicted octanol–water partition coefficient (Wildman–Crippen LogP) is 6.96. The zero-order valence-corrected chi connectivity index (χ0v) is 24.7. The van der Waals surface area contributed by atoms with Crippen molar-refractivity contribution < 1.29 is 18.7 Å². The van der Waals surface area contributed by atoms with Crippen LogP contribution in [0.4, 0.5) is 10.1 Å². The van der Waals surface area contributed by atoms with Crippen LogP contribution >= 0.6 is 23.6 Å². The molecule has 0 fully saturated rings. The predicted molar refractivity (Wildman–Crippen MR) is 169 cm³/mol. The first-order valence-electron chi connectivity index (χ1n) is 13.0. The summed E-state index contributed by atoms with van der Waals surface area (Å²) in [6, 6.07) is 23.0. The van der Waals surface area contributed by atoms with E-state index in [-0.39, 0.29) is 29.1 Å². The summed E-state index contributed by atoms with van der Waals surface area (Å²) in [4.78, 5) is 31.5. The second-order valence-electron chi connectivity index (χ2n) is 9.82. The number of thiophene rings is 1. The van der Waals surface area contributed by atoms with Crippen LogP contribution in [0.3, 0.4) is 0 Å². The van der Waals surface area contributed by atoms with Gasteiger partial charge in [0.05, 0.1) is 16.6 Å². The van der Waals surface area contributed by atoms with Gasteiger partial charge in [-0.2, -0.15) is 0 Å². The van der Waals surface area contributed by atoms with Crippen molar-refractivity contribution in [3.05, 3.63) is 108 Å². The second-order valence-corrected chi connectivity index (χ2v) is 11.3. The van der Waals surface area contributed by atoms with E-state index >= 15 is 4.39 Å². The molecule has 0 spiro atoms. The number of hydrogen-bond acceptors (Lipinski definition) is 6. The molecule has 0 saturated carbocycles. The topological polar surface area (TPSA) is 83.6 Å². The fourth-order valence-electron chi connectivity index (χ4n) is 4.18. The molecule has 2 amide bonds. The van der Waals surface area contributed by atoms with Crippen LogP contribution in [0.1, 0.15) is 21.5 Å². The SMILES string of the molecule is Cc1ccc(CC(=O)NC(=S)Nc2ccc(Oc3ccnc4cc(-c5ccc(C(=O)N(C)C)cc5)sc34)c(F)c2)cc1. The monoisotopic (exact) mass is 598 g/mol. The number of aryl methyl sites for hydroxylation is 1. The van der Waals surface area contributed by atoms with E-state index in [1.165, 1.54) is 28.4 Å². The van der Waals surface area contributed by atoms with Gasteiger partial charge in [-0.15, -0.1) is 11.3 Å². The van der Waals surface area contributed by atoms with Crippen LogP contribution < -0.4 is 15.4 Å². The molecule has 2 aromatic heterocycles. The second kappa shape index (κ2) is 12.5. The maximum Gasteiger partial charge on any atom is 0.253 e. The number of fused-ring (bicyclic) bond motifs is 1. The molecule has 0 radical (unpaired) electrons. The van der Waals surface area contributed by atoms with Crippen molar-refractivity contribution in [1.29, 1.82) is 0 Å². The highest BCUT2D eigenvalue weighted by atomic mass is 32.1. The number of pyridine rings is 1. The van der Waals surface area contributed by atoms with Gasteiger partial charge in [-0.3, -0.25) is 14.6 Å². The molecule has 0 atom stereocenters. The maximum atomic E-state index is 15.1. The summed E-state index contributed by atoms with van der Waals surface area (Å²) in [6.07, 6.45) is 1.79. The third kappa shape index (κ3) is 6.79. The maximum absolute atomic E-state index is 15.1. The summed E-state index contributed by atoms with van der Waals surface area (Å²) < 4.78 is 21.8. The quantitative estimate of drug-likeness (QED) is 0.197. The number of hydrogen-bond donors (Lipinski definition) is 2. The van der Waals surface area contributed by atoms with E-state index in [0.29, 0.717) is 22.5 Å². The van der Waals surface area contributed by atoms with E-state index in [2.05, 4.69) is 15.6 Å². The molecule has 2 N–H and O–H groups in total. The van der Waals surface area contributed by atoms with E-state index in [0.717, 1.165) is 26.3 Å². The lowest BCUT2D eigenvalue weighted by Gasteiger charge is -2.12. The number of nitrogens with zero attached hydrogens (tertiary/aromatic N) is 2. The highest BCUT2D eigenvalue weighted by Gasteiger charge is 2.15. The van der Waals surface area contributed by atoms with Crippen LogP contribution in [0.5, 0.6) is 11.5 Å². The Morgan fingerprint density at radius 1 is 0.976 bits per heavy atom. The number of carbonyl (C=O) groups is 2. The fraction of sp³-hybridized carbons (Fsp3) is 0.125. The van der Waals surface area contributed by atoms with Crippen molar-refractivity contribution in [1.82, 2.24) is 15.2 Å². The summed E-state index contributed by atoms with van der Waals surface area (Å²) in [6.45, 7) is 1.98. The van der Waals surface area contributed by atoms with Gasteiger partial charge in [0.15, 0.2) is 16.7 Å². The molecule has 0 saturated heterocycles. The third-order valence-electron chi connectivity index (χ3n) is 6.35. The Hall–Kier alpha value is -4.67. The molecule has 0 aliphatic carbocycles. The molecular weight excluding hydrogens is 572 g/mol. The normalized spacial score (nSPS) is 10.8. The molecule has 0 aliphatic heterocycles. The molecule has 212 valence electrons. The zero-order chi connectivity index (χ0) is 29.8. The number of thiocarbonyl (C=S) groups is 1. The Bertz CT molecular complexity index is 1780. The number of rotatable bonds is 7. The van der Waals surface area contributed by atoms with Crippen molar-refractivity contribution in [3.63, 3.8) is 0 Å². The molecule has 7 nitrogen and oxygen atoms in total. The van der Waals surface area contributed by atoms with E-state index < -0.39 is 5.82 Å². The highest BCUT2D eigenvalue weighted by molar-refractivity contribution is 7.80. The van der Waals surface area contributed by atoms with Crippen molar-refractivity contribution in [2.45, 2.75) is 13.3 Å². The molecule has 0 bridgehead atoms. The Morgan fingerprint density at radius 3 is 2.40 bits per heavy atom. The van der Waals surface area contributed by atoms with Crippen LogP contribution in [0, 0.1) is 12.7 Å². The number of ether oxygens (including phenoxy) is 1. The highest BCUT2D eigenvalue weighted by Crippen LogP contribution is 2.39. The van der Waals surface area contributed by atoms with Crippen molar-refractivity contribution in [2.24, 2.45) is 0 Å². The van der Waals surface area contributed by atoms with Gasteiger partial charge in [0.25, 0.3) is 5.91 Å². The molecule has 5 rings (SSSR count). The molecule has 2 heterocycles. The van der Waals surface area contributed by atoms with Gasteiger partial charge in [0.1, 0.15) is 5.75 Å². The van der Waals surface area contributed by atoms with Crippen molar-refractivity contribution in [2.75, 3.05) is 19.4 Å². The van der Waals surface area contributed by atoms with Crippen LogP contribution in [0.15, 0.2) is 85.1 Å². The molecule has 42 heavy (non-hydrogen) atoms. The van der Waals surface area contributed by atoms with Gasteiger partial charge in [-0.05, 0) is 60.6 Å². The van der Waals surface area contributed by atoms with E-state index in [1.807, 2.05) is 49.4 Å². The Morgan fingerprint density at radius 2 is 1.71 bits per heavy atom. The Kier molecular flexibility index (Phi) is 8.56. The smallest absolute Gasteiger partial charge is 0.253 e. The molecule has 3 aromatic carbocycles. The average molecular weight is 599 g/mol. The molecule has 10 heteroatoms. The Balaban J connectivity index is 1.26. The standard InChI is InChI=1S/C32H27FN4O3S2/c1-19-4-6-20(7-5-19)16-29(38)36-32(41)35-23-12-13-26(24(33)17-23)40-27-14-15-34-25-18-28(42-30(25)27)21-8-10-22(11-9-21)31(39)37(2)3/h4-15,17-18H,16H2,1-3H3,(H2,35,36,38,41). The minimum Gasteiger partial charge on any atom is -0.453 e. The lowest BCUT2D eigenvalue weighted by atomic mass is 10.1. The third-order valence-corrected chi connectivity index (χ3v) is 7.74. The van der Waals surface area contributed by atoms with E-state index in [4.69, 9.17) is 17.0 Å². The number of amides is 2. The summed E-state index contributed by atoms with van der Waals surface area (Å²) >= 11 is 6.70. The summed E-state index contributed by atoms with van der Waals surface area (Å²) in [5, 5.41) is 5.53. The van der Waals surface area contributed by atoms with E-state index in [1.54, 1.807) is 44.6 Å². The van der Waals surface area contributed by atoms with E-state index in [9.17, 15) is 9.59 Å². The van der Waals surface area contributed by atoms with Gasteiger partial charge in [-0.1, -0.05) is 42.0 Å². The first kappa shape index (κ1) is 28.8. The summed E-state index contributed by atoms with van der Waals surface area (Å²) in [5.41, 5.74) is 4.60. The number of halogens is 1. The lowest BCUT2D eigenvalue weighted by Crippen LogP contribution is -2.35. The minimum atomic E-state index is -0.600. The average Bonchev–Trinajstić information content (AvgIpc) is 3.41. The van der Waals surface area contributed by atoms with Crippen LogP contribution in [0.25, 0.3) is 20.7 Å². The zero-order valence-electron chi connectivity index (χ0n) is 23.1. The molecule has 0 aliphatic rings. The number of aromatic nitrogens is 1.